The van der Waals surface area contributed by atoms with Crippen molar-refractivity contribution < 1.29 is 9.53 Å². The number of nitrogens with one attached hydrogen (secondary N) is 1. The van der Waals surface area contributed by atoms with Crippen molar-refractivity contribution in [3.05, 3.63) is 27.3 Å². The molecular weight excluding hydrogens is 293 g/mol. The highest BCUT2D eigenvalue weighted by atomic mass is 127. The van der Waals surface area contributed by atoms with Crippen LogP contribution in [0.5, 0.6) is 0 Å². The Hall–Kier alpha value is -0.780. The van der Waals surface area contributed by atoms with E-state index in [9.17, 15) is 4.79 Å². The fraction of sp³-hybridized carbons (Fsp3) is 0.300. The second-order valence-corrected chi connectivity index (χ2v) is 3.83. The van der Waals surface area contributed by atoms with Gasteiger partial charge in [-0.15, -0.1) is 0 Å². The second-order valence-electron chi connectivity index (χ2n) is 2.67. The number of anilines is 1. The summed E-state index contributed by atoms with van der Waals surface area (Å²) in [6.07, 6.45) is 0. The molecular formula is C10H12INO2. The van der Waals surface area contributed by atoms with E-state index < -0.39 is 0 Å². The first kappa shape index (κ1) is 11.3. The van der Waals surface area contributed by atoms with E-state index in [0.717, 1.165) is 9.26 Å². The van der Waals surface area contributed by atoms with Crippen molar-refractivity contribution in [3.8, 4) is 0 Å². The van der Waals surface area contributed by atoms with Gasteiger partial charge in [0.1, 0.15) is 0 Å². The Morgan fingerprint density at radius 3 is 2.79 bits per heavy atom. The molecule has 0 radical (unpaired) electrons. The predicted octanol–water partition coefficient (Wildman–Crippen LogP) is 2.51. The summed E-state index contributed by atoms with van der Waals surface area (Å²) in [6, 6.07) is 5.43. The molecule has 0 heterocycles. The van der Waals surface area contributed by atoms with Gasteiger partial charge in [0.2, 0.25) is 0 Å². The molecule has 0 spiro atoms. The monoisotopic (exact) mass is 305 g/mol. The van der Waals surface area contributed by atoms with Gasteiger partial charge in [-0.05, 0) is 47.7 Å². The molecule has 0 aliphatic heterocycles. The SMILES string of the molecule is CCOC(=O)c1ccc(NC)c(I)c1. The molecule has 0 unspecified atom stereocenters. The minimum Gasteiger partial charge on any atom is -0.462 e. The fourth-order valence-electron chi connectivity index (χ4n) is 1.06. The number of ether oxygens (including phenoxy) is 1. The summed E-state index contributed by atoms with van der Waals surface area (Å²) in [5.74, 6) is -0.270. The first-order chi connectivity index (χ1) is 6.69. The van der Waals surface area contributed by atoms with E-state index in [1.165, 1.54) is 0 Å². The van der Waals surface area contributed by atoms with Crippen LogP contribution in [0.25, 0.3) is 0 Å². The fourth-order valence-corrected chi connectivity index (χ4v) is 1.84. The molecule has 1 N–H and O–H groups in total. The zero-order valence-corrected chi connectivity index (χ0v) is 10.3. The van der Waals surface area contributed by atoms with Crippen molar-refractivity contribution in [2.75, 3.05) is 19.0 Å². The average Bonchev–Trinajstić information content (AvgIpc) is 2.18. The Kier molecular flexibility index (Phi) is 4.19. The first-order valence-corrected chi connectivity index (χ1v) is 5.41. The zero-order valence-electron chi connectivity index (χ0n) is 8.13. The summed E-state index contributed by atoms with van der Waals surface area (Å²) in [6.45, 7) is 2.20. The lowest BCUT2D eigenvalue weighted by molar-refractivity contribution is 0.0526. The first-order valence-electron chi connectivity index (χ1n) is 4.33. The Morgan fingerprint density at radius 2 is 2.29 bits per heavy atom. The van der Waals surface area contributed by atoms with E-state index in [0.29, 0.717) is 12.2 Å². The molecule has 0 aromatic heterocycles. The lowest BCUT2D eigenvalue weighted by Gasteiger charge is -2.06. The van der Waals surface area contributed by atoms with Crippen molar-refractivity contribution >= 4 is 34.2 Å². The maximum Gasteiger partial charge on any atom is 0.338 e. The highest BCUT2D eigenvalue weighted by molar-refractivity contribution is 14.1. The van der Waals surface area contributed by atoms with E-state index >= 15 is 0 Å². The molecule has 0 saturated carbocycles. The van der Waals surface area contributed by atoms with E-state index in [4.69, 9.17) is 4.74 Å². The summed E-state index contributed by atoms with van der Waals surface area (Å²) in [7, 11) is 1.85. The molecule has 3 nitrogen and oxygen atoms in total. The van der Waals surface area contributed by atoms with Crippen molar-refractivity contribution in [1.82, 2.24) is 0 Å². The number of carbonyl (C=O) groups is 1. The molecule has 0 aliphatic rings. The molecule has 0 bridgehead atoms. The third-order valence-electron chi connectivity index (χ3n) is 1.75. The number of benzene rings is 1. The topological polar surface area (TPSA) is 38.3 Å². The van der Waals surface area contributed by atoms with E-state index in [1.54, 1.807) is 13.0 Å². The van der Waals surface area contributed by atoms with Crippen molar-refractivity contribution in [2.24, 2.45) is 0 Å². The van der Waals surface area contributed by atoms with Crippen LogP contribution in [0.1, 0.15) is 17.3 Å². The minimum atomic E-state index is -0.270. The normalized spacial score (nSPS) is 9.64. The zero-order chi connectivity index (χ0) is 10.6. The molecule has 76 valence electrons. The number of carbonyl (C=O) groups excluding carboxylic acids is 1. The van der Waals surface area contributed by atoms with Crippen molar-refractivity contribution in [1.29, 1.82) is 0 Å². The van der Waals surface area contributed by atoms with Gasteiger partial charge in [-0.3, -0.25) is 0 Å². The van der Waals surface area contributed by atoms with Gasteiger partial charge in [0, 0.05) is 16.3 Å². The maximum atomic E-state index is 11.4. The molecule has 0 saturated heterocycles. The van der Waals surface area contributed by atoms with Crippen LogP contribution >= 0.6 is 22.6 Å². The minimum absolute atomic E-state index is 0.270. The van der Waals surface area contributed by atoms with Crippen LogP contribution in [0.15, 0.2) is 18.2 Å². The molecule has 1 aromatic rings. The maximum absolute atomic E-state index is 11.4. The highest BCUT2D eigenvalue weighted by Gasteiger charge is 2.07. The van der Waals surface area contributed by atoms with E-state index in [-0.39, 0.29) is 5.97 Å². The lowest BCUT2D eigenvalue weighted by atomic mass is 10.2. The molecule has 0 fully saturated rings. The summed E-state index contributed by atoms with van der Waals surface area (Å²) >= 11 is 2.18. The molecule has 0 aliphatic carbocycles. The molecule has 1 aromatic carbocycles. The second kappa shape index (κ2) is 5.19. The van der Waals surface area contributed by atoms with Crippen LogP contribution in [0.4, 0.5) is 5.69 Å². The number of esters is 1. The Balaban J connectivity index is 2.91. The van der Waals surface area contributed by atoms with Gasteiger partial charge in [0.05, 0.1) is 12.2 Å². The van der Waals surface area contributed by atoms with Gasteiger partial charge in [-0.2, -0.15) is 0 Å². The van der Waals surface area contributed by atoms with E-state index in [1.807, 2.05) is 19.2 Å². The summed E-state index contributed by atoms with van der Waals surface area (Å²) in [5.41, 5.74) is 1.61. The van der Waals surface area contributed by atoms with Crippen LogP contribution in [-0.2, 0) is 4.74 Å². The lowest BCUT2D eigenvalue weighted by Crippen LogP contribution is -2.05. The van der Waals surface area contributed by atoms with Crippen LogP contribution in [0, 0.1) is 3.57 Å². The average molecular weight is 305 g/mol. The summed E-state index contributed by atoms with van der Waals surface area (Å²) < 4.78 is 5.90. The third-order valence-corrected chi connectivity index (χ3v) is 2.64. The van der Waals surface area contributed by atoms with Gasteiger partial charge in [-0.1, -0.05) is 0 Å². The van der Waals surface area contributed by atoms with Crippen molar-refractivity contribution in [2.45, 2.75) is 6.92 Å². The smallest absolute Gasteiger partial charge is 0.338 e. The largest absolute Gasteiger partial charge is 0.462 e. The number of halogens is 1. The van der Waals surface area contributed by atoms with Gasteiger partial charge >= 0.3 is 5.97 Å². The van der Waals surface area contributed by atoms with Gasteiger partial charge in [0.25, 0.3) is 0 Å². The molecule has 1 rings (SSSR count). The molecule has 14 heavy (non-hydrogen) atoms. The highest BCUT2D eigenvalue weighted by Crippen LogP contribution is 2.19. The van der Waals surface area contributed by atoms with Crippen LogP contribution in [0.2, 0.25) is 0 Å². The molecule has 0 atom stereocenters. The quantitative estimate of drug-likeness (QED) is 0.689. The van der Waals surface area contributed by atoms with Crippen LogP contribution in [0.3, 0.4) is 0 Å². The van der Waals surface area contributed by atoms with Crippen molar-refractivity contribution in [3.63, 3.8) is 0 Å². The summed E-state index contributed by atoms with van der Waals surface area (Å²) in [5, 5.41) is 3.03. The predicted molar refractivity (Wildman–Crippen MR) is 64.7 cm³/mol. The summed E-state index contributed by atoms with van der Waals surface area (Å²) in [4.78, 5) is 11.4. The van der Waals surface area contributed by atoms with Gasteiger partial charge in [0.15, 0.2) is 0 Å². The Morgan fingerprint density at radius 1 is 1.57 bits per heavy atom. The van der Waals surface area contributed by atoms with Gasteiger partial charge in [-0.25, -0.2) is 4.79 Å². The number of hydrogen-bond donors (Lipinski definition) is 1. The van der Waals surface area contributed by atoms with E-state index in [2.05, 4.69) is 27.9 Å². The molecule has 4 heteroatoms. The Bertz CT molecular complexity index is 339. The third kappa shape index (κ3) is 2.60. The number of hydrogen-bond acceptors (Lipinski definition) is 3. The number of rotatable bonds is 3. The Labute approximate surface area is 97.0 Å². The standard InChI is InChI=1S/C10H12INO2/c1-3-14-10(13)7-4-5-9(12-2)8(11)6-7/h4-6,12H,3H2,1-2H3. The molecule has 0 amide bonds. The van der Waals surface area contributed by atoms with Crippen LogP contribution < -0.4 is 5.32 Å². The van der Waals surface area contributed by atoms with Crippen LogP contribution in [-0.4, -0.2) is 19.6 Å². The van der Waals surface area contributed by atoms with Gasteiger partial charge < -0.3 is 10.1 Å².